The summed E-state index contributed by atoms with van der Waals surface area (Å²) in [5.41, 5.74) is 2.67. The predicted octanol–water partition coefficient (Wildman–Crippen LogP) is 4.36. The predicted molar refractivity (Wildman–Crippen MR) is 126 cm³/mol. The lowest BCUT2D eigenvalue weighted by molar-refractivity contribution is -0.597. The molecule has 7 nitrogen and oxygen atoms in total. The summed E-state index contributed by atoms with van der Waals surface area (Å²) in [6.45, 7) is 7.77. The monoisotopic (exact) mass is 451 g/mol. The Hall–Kier alpha value is -3.32. The fourth-order valence-corrected chi connectivity index (χ4v) is 4.17. The summed E-state index contributed by atoms with van der Waals surface area (Å²) >= 11 is 6.67. The maximum Gasteiger partial charge on any atom is 0.257 e. The van der Waals surface area contributed by atoms with Gasteiger partial charge in [-0.1, -0.05) is 29.8 Å². The van der Waals surface area contributed by atoms with Crippen LogP contribution in [0.2, 0.25) is 5.02 Å². The topological polar surface area (TPSA) is 65.5 Å². The first kappa shape index (κ1) is 21.9. The number of benzene rings is 2. The van der Waals surface area contributed by atoms with E-state index >= 15 is 0 Å². The van der Waals surface area contributed by atoms with E-state index in [4.69, 9.17) is 26.1 Å². The lowest BCUT2D eigenvalue weighted by atomic mass is 10.0. The molecule has 166 valence electrons. The van der Waals surface area contributed by atoms with Gasteiger partial charge in [-0.3, -0.25) is 4.57 Å². The van der Waals surface area contributed by atoms with Crippen LogP contribution in [0.25, 0.3) is 28.0 Å². The molecule has 2 aromatic carbocycles. The fraction of sp³-hybridized carbons (Fsp3) is 0.292. The number of ether oxygens (including phenoxy) is 2. The lowest BCUT2D eigenvalue weighted by Gasteiger charge is -2.20. The molecule has 0 atom stereocenters. The molecule has 8 heteroatoms. The largest absolute Gasteiger partial charge is 0.493 e. The number of hydrogen-bond acceptors (Lipinski definition) is 5. The second-order valence-corrected chi connectivity index (χ2v) is 7.74. The quantitative estimate of drug-likeness (QED) is 0.389. The standard InChI is InChI=1S/C24H26ClN5O2/c1-6-29(7-2)23-26-24(28-27-23)30-15(3)12-16-13-20(31-4)21(32-5)14-18(16)22(30)17-10-8-9-11-19(17)25/h8-14H,6-7H2,1-5H3. The number of fused-ring (bicyclic) bond motifs is 1. The van der Waals surface area contributed by atoms with Crippen LogP contribution >= 0.6 is 11.6 Å². The van der Waals surface area contributed by atoms with E-state index in [9.17, 15) is 0 Å². The van der Waals surface area contributed by atoms with Crippen molar-refractivity contribution in [3.05, 3.63) is 53.2 Å². The van der Waals surface area contributed by atoms with Crippen molar-refractivity contribution in [1.29, 1.82) is 0 Å². The molecule has 0 saturated carbocycles. The van der Waals surface area contributed by atoms with Gasteiger partial charge >= 0.3 is 0 Å². The van der Waals surface area contributed by atoms with Gasteiger partial charge in [-0.25, -0.2) is 0 Å². The summed E-state index contributed by atoms with van der Waals surface area (Å²) in [4.78, 5) is 6.82. The molecule has 0 saturated heterocycles. The van der Waals surface area contributed by atoms with Gasteiger partial charge in [-0.2, -0.15) is 4.98 Å². The van der Waals surface area contributed by atoms with Crippen molar-refractivity contribution in [2.75, 3.05) is 32.2 Å². The first-order valence-corrected chi connectivity index (χ1v) is 10.9. The summed E-state index contributed by atoms with van der Waals surface area (Å²) in [6.07, 6.45) is 0. The van der Waals surface area contributed by atoms with Gasteiger partial charge in [-0.05, 0) is 50.4 Å². The number of nitrogens with zero attached hydrogens (tertiary/aromatic N) is 5. The molecule has 0 aliphatic rings. The highest BCUT2D eigenvalue weighted by Gasteiger charge is 2.21. The molecule has 32 heavy (non-hydrogen) atoms. The Balaban J connectivity index is 2.08. The average molecular weight is 452 g/mol. The zero-order chi connectivity index (χ0) is 22.8. The summed E-state index contributed by atoms with van der Waals surface area (Å²) in [6, 6.07) is 13.8. The van der Waals surface area contributed by atoms with E-state index < -0.39 is 0 Å². The van der Waals surface area contributed by atoms with Crippen LogP contribution in [0.15, 0.2) is 42.5 Å². The molecule has 2 heterocycles. The van der Waals surface area contributed by atoms with Gasteiger partial charge in [0.05, 0.1) is 19.9 Å². The molecule has 4 aromatic rings. The third-order valence-corrected chi connectivity index (χ3v) is 5.89. The second kappa shape index (κ2) is 9.04. The fourth-order valence-electron chi connectivity index (χ4n) is 3.94. The number of halogens is 1. The molecule has 0 fully saturated rings. The number of hydrogen-bond donors (Lipinski definition) is 0. The maximum absolute atomic E-state index is 6.67. The Bertz CT molecular complexity index is 1270. The van der Waals surface area contributed by atoms with Crippen molar-refractivity contribution in [2.45, 2.75) is 20.8 Å². The number of methoxy groups -OCH3 is 2. The molecule has 2 aromatic heterocycles. The van der Waals surface area contributed by atoms with E-state index in [1.54, 1.807) is 14.2 Å². The number of aryl methyl sites for hydroxylation is 1. The summed E-state index contributed by atoms with van der Waals surface area (Å²) in [7, 11) is 3.26. The first-order valence-electron chi connectivity index (χ1n) is 10.5. The minimum atomic E-state index is 0.496. The van der Waals surface area contributed by atoms with Gasteiger partial charge in [-0.15, -0.1) is 10.2 Å². The van der Waals surface area contributed by atoms with Gasteiger partial charge in [0.15, 0.2) is 11.5 Å². The Morgan fingerprint density at radius 2 is 1.69 bits per heavy atom. The molecular weight excluding hydrogens is 426 g/mol. The molecule has 0 aliphatic heterocycles. The van der Waals surface area contributed by atoms with Crippen molar-refractivity contribution < 1.29 is 14.0 Å². The van der Waals surface area contributed by atoms with Crippen LogP contribution in [-0.2, 0) is 0 Å². The molecule has 0 radical (unpaired) electrons. The van der Waals surface area contributed by atoms with Crippen molar-refractivity contribution >= 4 is 28.3 Å². The molecule has 0 N–H and O–H groups in total. The summed E-state index contributed by atoms with van der Waals surface area (Å²) in [5.74, 6) is 2.40. The van der Waals surface area contributed by atoms with E-state index in [2.05, 4.69) is 35.0 Å². The zero-order valence-corrected chi connectivity index (χ0v) is 19.6. The normalized spacial score (nSPS) is 11.1. The second-order valence-electron chi connectivity index (χ2n) is 7.33. The van der Waals surface area contributed by atoms with E-state index in [0.717, 1.165) is 40.8 Å². The third kappa shape index (κ3) is 3.73. The highest BCUT2D eigenvalue weighted by Crippen LogP contribution is 2.38. The van der Waals surface area contributed by atoms with Gasteiger partial charge in [0, 0.05) is 34.8 Å². The number of rotatable bonds is 7. The van der Waals surface area contributed by atoms with E-state index in [1.807, 2.05) is 47.9 Å². The highest BCUT2D eigenvalue weighted by atomic mass is 35.5. The van der Waals surface area contributed by atoms with E-state index in [-0.39, 0.29) is 0 Å². The molecule has 0 unspecified atom stereocenters. The summed E-state index contributed by atoms with van der Waals surface area (Å²) in [5, 5.41) is 11.3. The van der Waals surface area contributed by atoms with Crippen molar-refractivity contribution in [2.24, 2.45) is 0 Å². The zero-order valence-electron chi connectivity index (χ0n) is 18.9. The van der Waals surface area contributed by atoms with Crippen LogP contribution in [0, 0.1) is 6.92 Å². The van der Waals surface area contributed by atoms with Crippen molar-refractivity contribution in [3.63, 3.8) is 0 Å². The van der Waals surface area contributed by atoms with E-state index in [0.29, 0.717) is 28.4 Å². The number of aromatic nitrogens is 4. The van der Waals surface area contributed by atoms with Crippen LogP contribution < -0.4 is 23.9 Å². The first-order chi connectivity index (χ1) is 15.5. The van der Waals surface area contributed by atoms with E-state index in [1.165, 1.54) is 0 Å². The Kier molecular flexibility index (Phi) is 6.19. The Labute approximate surface area is 192 Å². The van der Waals surface area contributed by atoms with Gasteiger partial charge in [0.25, 0.3) is 5.95 Å². The minimum Gasteiger partial charge on any atom is -0.493 e. The van der Waals surface area contributed by atoms with Crippen LogP contribution in [0.5, 0.6) is 11.5 Å². The van der Waals surface area contributed by atoms with Crippen LogP contribution in [-0.4, -0.2) is 37.5 Å². The average Bonchev–Trinajstić information content (AvgIpc) is 3.28. The van der Waals surface area contributed by atoms with Crippen LogP contribution in [0.3, 0.4) is 0 Å². The minimum absolute atomic E-state index is 0.496. The molecular formula is C24H26ClN5O2. The van der Waals surface area contributed by atoms with Crippen LogP contribution in [0.1, 0.15) is 19.5 Å². The Morgan fingerprint density at radius 3 is 2.34 bits per heavy atom. The SMILES string of the molecule is CCN(CC)c1nnc(-[n+]2c(C)cc3cc(OC)c(OC)cc3c2-c2ccccc2Cl)[n-]1. The van der Waals surface area contributed by atoms with Crippen LogP contribution in [0.4, 0.5) is 5.95 Å². The molecule has 0 aliphatic carbocycles. The van der Waals surface area contributed by atoms with Crippen molar-refractivity contribution in [1.82, 2.24) is 15.2 Å². The molecule has 0 amide bonds. The third-order valence-electron chi connectivity index (χ3n) is 5.56. The molecule has 0 spiro atoms. The smallest absolute Gasteiger partial charge is 0.257 e. The van der Waals surface area contributed by atoms with Gasteiger partial charge in [0.1, 0.15) is 0 Å². The number of anilines is 1. The lowest BCUT2D eigenvalue weighted by Crippen LogP contribution is -2.39. The molecule has 0 bridgehead atoms. The number of pyridine rings is 1. The molecule has 4 rings (SSSR count). The maximum atomic E-state index is 6.67. The van der Waals surface area contributed by atoms with Gasteiger partial charge in [0.2, 0.25) is 5.95 Å². The highest BCUT2D eigenvalue weighted by molar-refractivity contribution is 6.33. The van der Waals surface area contributed by atoms with Gasteiger partial charge < -0.3 is 14.4 Å². The summed E-state index contributed by atoms with van der Waals surface area (Å²) < 4.78 is 13.1. The Morgan fingerprint density at radius 1 is 1.00 bits per heavy atom. The van der Waals surface area contributed by atoms with Crippen molar-refractivity contribution in [3.8, 4) is 28.7 Å².